The molecule has 0 bridgehead atoms. The van der Waals surface area contributed by atoms with Gasteiger partial charge in [-0.2, -0.15) is 0 Å². The summed E-state index contributed by atoms with van der Waals surface area (Å²) in [4.78, 5) is 0. The highest BCUT2D eigenvalue weighted by Crippen LogP contribution is 2.24. The van der Waals surface area contributed by atoms with Crippen LogP contribution >= 0.6 is 15.9 Å². The summed E-state index contributed by atoms with van der Waals surface area (Å²) in [6.07, 6.45) is 2.61. The molecule has 1 saturated carbocycles. The Kier molecular flexibility index (Phi) is 4.24. The highest BCUT2D eigenvalue weighted by atomic mass is 79.9. The Morgan fingerprint density at radius 3 is 2.94 bits per heavy atom. The average molecular weight is 296 g/mol. The van der Waals surface area contributed by atoms with E-state index in [9.17, 15) is 0 Å². The number of nitrogens with one attached hydrogen (secondary N) is 1. The Morgan fingerprint density at radius 1 is 1.53 bits per heavy atom. The number of ether oxygens (including phenoxy) is 1. The number of aryl methyl sites for hydroxylation is 1. The molecule has 1 aliphatic carbocycles. The van der Waals surface area contributed by atoms with Crippen molar-refractivity contribution in [1.82, 2.24) is 5.32 Å². The molecule has 1 aliphatic rings. The van der Waals surface area contributed by atoms with Crippen LogP contribution in [-0.2, 0) is 6.54 Å². The van der Waals surface area contributed by atoms with Gasteiger partial charge in [0.25, 0.3) is 0 Å². The highest BCUT2D eigenvalue weighted by Gasteiger charge is 2.20. The minimum Gasteiger partial charge on any atom is -0.488 e. The quantitative estimate of drug-likeness (QED) is 0.867. The molecule has 1 aromatic carbocycles. The second-order valence-electron chi connectivity index (χ2n) is 4.57. The van der Waals surface area contributed by atoms with E-state index >= 15 is 0 Å². The van der Waals surface area contributed by atoms with Gasteiger partial charge < -0.3 is 10.1 Å². The molecule has 0 spiro atoms. The van der Waals surface area contributed by atoms with Gasteiger partial charge in [0.1, 0.15) is 12.4 Å². The first-order chi connectivity index (χ1) is 8.15. The van der Waals surface area contributed by atoms with E-state index in [1.54, 1.807) is 0 Å². The van der Waals surface area contributed by atoms with Crippen molar-refractivity contribution in [1.29, 1.82) is 0 Å². The summed E-state index contributed by atoms with van der Waals surface area (Å²) in [6, 6.07) is 7.01. The lowest BCUT2D eigenvalue weighted by Crippen LogP contribution is -2.16. The molecule has 17 heavy (non-hydrogen) atoms. The van der Waals surface area contributed by atoms with Crippen LogP contribution in [0.25, 0.3) is 0 Å². The molecule has 0 saturated heterocycles. The first-order valence-electron chi connectivity index (χ1n) is 5.94. The van der Waals surface area contributed by atoms with Crippen LogP contribution in [0.1, 0.15) is 24.0 Å². The zero-order valence-corrected chi connectivity index (χ0v) is 11.7. The molecule has 0 aliphatic heterocycles. The third kappa shape index (κ3) is 4.17. The van der Waals surface area contributed by atoms with Gasteiger partial charge in [0.2, 0.25) is 0 Å². The van der Waals surface area contributed by atoms with Crippen LogP contribution in [0, 0.1) is 6.92 Å². The summed E-state index contributed by atoms with van der Waals surface area (Å²) in [7, 11) is 0. The van der Waals surface area contributed by atoms with E-state index in [1.165, 1.54) is 24.0 Å². The smallest absolute Gasteiger partial charge is 0.124 e. The van der Waals surface area contributed by atoms with Gasteiger partial charge in [0.05, 0.1) is 0 Å². The zero-order valence-electron chi connectivity index (χ0n) is 10.1. The van der Waals surface area contributed by atoms with Crippen molar-refractivity contribution in [3.63, 3.8) is 0 Å². The third-order valence-corrected chi connectivity index (χ3v) is 2.99. The van der Waals surface area contributed by atoms with E-state index in [0.717, 1.165) is 22.8 Å². The molecule has 3 heteroatoms. The number of halogens is 1. The van der Waals surface area contributed by atoms with Gasteiger partial charge in [0.15, 0.2) is 0 Å². The van der Waals surface area contributed by atoms with E-state index in [0.29, 0.717) is 6.61 Å². The molecule has 92 valence electrons. The maximum Gasteiger partial charge on any atom is 0.124 e. The maximum atomic E-state index is 5.72. The van der Waals surface area contributed by atoms with Crippen LogP contribution in [0.2, 0.25) is 0 Å². The zero-order chi connectivity index (χ0) is 12.3. The summed E-state index contributed by atoms with van der Waals surface area (Å²) < 4.78 is 6.58. The Morgan fingerprint density at radius 2 is 2.29 bits per heavy atom. The van der Waals surface area contributed by atoms with Crippen LogP contribution in [0.5, 0.6) is 5.75 Å². The topological polar surface area (TPSA) is 21.3 Å². The SMILES string of the molecule is C=C(Br)COc1ccc(C)cc1CNC1CC1. The van der Waals surface area contributed by atoms with Gasteiger partial charge in [0, 0.05) is 22.6 Å². The minimum absolute atomic E-state index is 0.513. The van der Waals surface area contributed by atoms with E-state index in [-0.39, 0.29) is 0 Å². The lowest BCUT2D eigenvalue weighted by Gasteiger charge is -2.12. The second kappa shape index (κ2) is 5.69. The van der Waals surface area contributed by atoms with Gasteiger partial charge in [-0.05, 0) is 25.8 Å². The number of hydrogen-bond acceptors (Lipinski definition) is 2. The fourth-order valence-corrected chi connectivity index (χ4v) is 1.80. The number of hydrogen-bond donors (Lipinski definition) is 1. The lowest BCUT2D eigenvalue weighted by atomic mass is 10.1. The molecule has 0 unspecified atom stereocenters. The summed E-state index contributed by atoms with van der Waals surface area (Å²) in [5.74, 6) is 0.948. The van der Waals surface area contributed by atoms with Crippen LogP contribution in [-0.4, -0.2) is 12.6 Å². The van der Waals surface area contributed by atoms with Crippen molar-refractivity contribution in [2.24, 2.45) is 0 Å². The summed E-state index contributed by atoms with van der Waals surface area (Å²) in [5.41, 5.74) is 2.49. The van der Waals surface area contributed by atoms with Crippen LogP contribution in [0.3, 0.4) is 0 Å². The molecule has 1 aromatic rings. The van der Waals surface area contributed by atoms with E-state index in [1.807, 2.05) is 6.07 Å². The van der Waals surface area contributed by atoms with E-state index in [2.05, 4.69) is 46.9 Å². The van der Waals surface area contributed by atoms with Gasteiger partial charge in [-0.3, -0.25) is 0 Å². The maximum absolute atomic E-state index is 5.72. The average Bonchev–Trinajstić information content (AvgIpc) is 3.08. The highest BCUT2D eigenvalue weighted by molar-refractivity contribution is 9.11. The Balaban J connectivity index is 2.02. The fourth-order valence-electron chi connectivity index (χ4n) is 1.69. The summed E-state index contributed by atoms with van der Waals surface area (Å²) in [5, 5.41) is 3.51. The predicted molar refractivity (Wildman–Crippen MR) is 74.6 cm³/mol. The Bertz CT molecular complexity index is 413. The van der Waals surface area contributed by atoms with Crippen molar-refractivity contribution in [3.05, 3.63) is 40.4 Å². The molecular formula is C14H18BrNO. The van der Waals surface area contributed by atoms with Crippen LogP contribution in [0.4, 0.5) is 0 Å². The molecule has 0 amide bonds. The molecule has 0 aromatic heterocycles. The van der Waals surface area contributed by atoms with Crippen LogP contribution < -0.4 is 10.1 Å². The van der Waals surface area contributed by atoms with Crippen molar-refractivity contribution in [2.45, 2.75) is 32.4 Å². The van der Waals surface area contributed by atoms with E-state index in [4.69, 9.17) is 4.74 Å². The van der Waals surface area contributed by atoms with Gasteiger partial charge >= 0.3 is 0 Å². The van der Waals surface area contributed by atoms with Crippen molar-refractivity contribution < 1.29 is 4.74 Å². The summed E-state index contributed by atoms with van der Waals surface area (Å²) in [6.45, 7) is 7.28. The monoisotopic (exact) mass is 295 g/mol. The molecule has 0 radical (unpaired) electrons. The molecular weight excluding hydrogens is 278 g/mol. The van der Waals surface area contributed by atoms with Gasteiger partial charge in [-0.25, -0.2) is 0 Å². The van der Waals surface area contributed by atoms with Gasteiger partial charge in [-0.1, -0.05) is 40.2 Å². The van der Waals surface area contributed by atoms with Crippen molar-refractivity contribution in [3.8, 4) is 5.75 Å². The Hall–Kier alpha value is -0.800. The number of rotatable bonds is 6. The lowest BCUT2D eigenvalue weighted by molar-refractivity contribution is 0.355. The summed E-state index contributed by atoms with van der Waals surface area (Å²) >= 11 is 3.31. The van der Waals surface area contributed by atoms with Crippen LogP contribution in [0.15, 0.2) is 29.3 Å². The molecule has 0 atom stereocenters. The van der Waals surface area contributed by atoms with Crippen molar-refractivity contribution >= 4 is 15.9 Å². The standard InChI is InChI=1S/C14H18BrNO/c1-10-3-6-14(17-9-11(2)15)12(7-10)8-16-13-4-5-13/h3,6-7,13,16H,2,4-5,8-9H2,1H3. The minimum atomic E-state index is 0.513. The fraction of sp³-hybridized carbons (Fsp3) is 0.429. The molecule has 1 fully saturated rings. The van der Waals surface area contributed by atoms with Gasteiger partial charge in [-0.15, -0.1) is 0 Å². The largest absolute Gasteiger partial charge is 0.488 e. The predicted octanol–water partition coefficient (Wildman–Crippen LogP) is 3.53. The number of benzene rings is 1. The second-order valence-corrected chi connectivity index (χ2v) is 5.69. The Labute approximate surface area is 111 Å². The third-order valence-electron chi connectivity index (χ3n) is 2.76. The van der Waals surface area contributed by atoms with Crippen molar-refractivity contribution in [2.75, 3.05) is 6.61 Å². The molecule has 1 N–H and O–H groups in total. The first kappa shape index (κ1) is 12.7. The normalized spacial score (nSPS) is 14.7. The molecule has 2 nitrogen and oxygen atoms in total. The molecule has 2 rings (SSSR count). The molecule has 0 heterocycles. The first-order valence-corrected chi connectivity index (χ1v) is 6.73. The van der Waals surface area contributed by atoms with E-state index < -0.39 is 0 Å².